The van der Waals surface area contributed by atoms with Gasteiger partial charge < -0.3 is 5.32 Å². The van der Waals surface area contributed by atoms with Gasteiger partial charge >= 0.3 is 0 Å². The Hall–Kier alpha value is -0.670. The van der Waals surface area contributed by atoms with Crippen LogP contribution in [0.2, 0.25) is 0 Å². The Morgan fingerprint density at radius 1 is 1.26 bits per heavy atom. The lowest BCUT2D eigenvalue weighted by molar-refractivity contribution is 0.534. The summed E-state index contributed by atoms with van der Waals surface area (Å²) in [6.07, 6.45) is 5.76. The van der Waals surface area contributed by atoms with Crippen LogP contribution in [-0.4, -0.2) is 21.8 Å². The molecule has 0 heterocycles. The summed E-state index contributed by atoms with van der Waals surface area (Å²) >= 11 is 0. The zero-order chi connectivity index (χ0) is 13.7. The summed E-state index contributed by atoms with van der Waals surface area (Å²) in [4.78, 5) is 0. The van der Waals surface area contributed by atoms with Gasteiger partial charge in [-0.1, -0.05) is 50.1 Å². The largest absolute Gasteiger partial charge is 0.312 e. The second-order valence-corrected chi connectivity index (χ2v) is 7.29. The van der Waals surface area contributed by atoms with Crippen LogP contribution in [0.15, 0.2) is 30.3 Å². The third-order valence-electron chi connectivity index (χ3n) is 4.17. The van der Waals surface area contributed by atoms with Crippen LogP contribution in [0.3, 0.4) is 0 Å². The van der Waals surface area contributed by atoms with Crippen molar-refractivity contribution in [1.29, 1.82) is 0 Å². The summed E-state index contributed by atoms with van der Waals surface area (Å²) in [5.74, 6) is 0. The molecule has 1 aromatic carbocycles. The summed E-state index contributed by atoms with van der Waals surface area (Å²) in [6, 6.07) is 10.6. The molecule has 1 aromatic rings. The van der Waals surface area contributed by atoms with E-state index in [4.69, 9.17) is 0 Å². The first-order chi connectivity index (χ1) is 9.27. The van der Waals surface area contributed by atoms with E-state index in [-0.39, 0.29) is 11.3 Å². The molecule has 0 saturated heterocycles. The second kappa shape index (κ2) is 7.20. The maximum absolute atomic E-state index is 12.8. The van der Waals surface area contributed by atoms with Crippen molar-refractivity contribution in [2.24, 2.45) is 0 Å². The summed E-state index contributed by atoms with van der Waals surface area (Å²) in [7, 11) is 1.25. The highest BCUT2D eigenvalue weighted by molar-refractivity contribution is 7.86. The summed E-state index contributed by atoms with van der Waals surface area (Å²) < 4.78 is 12.8. The topological polar surface area (TPSA) is 29.1 Å². The lowest BCUT2D eigenvalue weighted by Crippen LogP contribution is -2.36. The van der Waals surface area contributed by atoms with Crippen molar-refractivity contribution in [3.8, 4) is 0 Å². The second-order valence-electron chi connectivity index (χ2n) is 5.36. The van der Waals surface area contributed by atoms with Crippen LogP contribution in [-0.2, 0) is 10.8 Å². The normalized spacial score (nSPS) is 21.2. The minimum absolute atomic E-state index is 0.202. The molecular formula is C16H25NOS. The van der Waals surface area contributed by atoms with E-state index in [1.165, 1.54) is 18.4 Å². The Morgan fingerprint density at radius 3 is 2.42 bits per heavy atom. The molecule has 1 saturated carbocycles. The number of nitrogens with one attached hydrogen (secondary N) is 1. The van der Waals surface area contributed by atoms with E-state index in [0.29, 0.717) is 5.25 Å². The monoisotopic (exact) mass is 279 g/mol. The fourth-order valence-electron chi connectivity index (χ4n) is 3.13. The van der Waals surface area contributed by atoms with Crippen LogP contribution in [0.5, 0.6) is 0 Å². The molecule has 0 radical (unpaired) electrons. The molecule has 1 aliphatic carbocycles. The molecule has 3 heteroatoms. The minimum atomic E-state index is -0.726. The minimum Gasteiger partial charge on any atom is -0.312 e. The standard InChI is InChI=1S/C16H25NOS/c1-3-15(19(18)14-11-7-8-12-14)16(17-2)13-9-5-4-6-10-13/h4-6,9-10,14-17H,3,7-8,11-12H2,1-2H3. The average Bonchev–Trinajstić information content (AvgIpc) is 2.99. The third-order valence-corrected chi connectivity index (χ3v) is 6.50. The molecule has 1 fully saturated rings. The first-order valence-corrected chi connectivity index (χ1v) is 8.67. The molecule has 0 spiro atoms. The van der Waals surface area contributed by atoms with E-state index in [1.54, 1.807) is 0 Å². The van der Waals surface area contributed by atoms with Crippen molar-refractivity contribution < 1.29 is 4.21 Å². The maximum atomic E-state index is 12.8. The smallest absolute Gasteiger partial charge is 0.0543 e. The van der Waals surface area contributed by atoms with Crippen LogP contribution in [0.1, 0.15) is 50.6 Å². The Morgan fingerprint density at radius 2 is 1.89 bits per heavy atom. The molecule has 0 bridgehead atoms. The van der Waals surface area contributed by atoms with Gasteiger partial charge in [0.25, 0.3) is 0 Å². The Balaban J connectivity index is 2.16. The zero-order valence-electron chi connectivity index (χ0n) is 12.0. The Bertz CT molecular complexity index is 400. The highest BCUT2D eigenvalue weighted by Crippen LogP contribution is 2.31. The number of hydrogen-bond donors (Lipinski definition) is 1. The molecule has 0 aromatic heterocycles. The van der Waals surface area contributed by atoms with Gasteiger partial charge in [0.2, 0.25) is 0 Å². The van der Waals surface area contributed by atoms with Crippen molar-refractivity contribution in [3.63, 3.8) is 0 Å². The van der Waals surface area contributed by atoms with Crippen LogP contribution in [0.25, 0.3) is 0 Å². The molecule has 2 rings (SSSR count). The van der Waals surface area contributed by atoms with Gasteiger partial charge in [-0.25, -0.2) is 0 Å². The predicted molar refractivity (Wildman–Crippen MR) is 82.7 cm³/mol. The van der Waals surface area contributed by atoms with E-state index in [1.807, 2.05) is 13.1 Å². The SMILES string of the molecule is CCC(C(NC)c1ccccc1)S(=O)C1CCCC1. The van der Waals surface area contributed by atoms with Crippen LogP contribution in [0.4, 0.5) is 0 Å². The first-order valence-electron chi connectivity index (χ1n) is 7.39. The van der Waals surface area contributed by atoms with Gasteiger partial charge in [0.05, 0.1) is 5.25 Å². The quantitative estimate of drug-likeness (QED) is 0.864. The maximum Gasteiger partial charge on any atom is 0.0543 e. The van der Waals surface area contributed by atoms with Crippen molar-refractivity contribution in [2.75, 3.05) is 7.05 Å². The van der Waals surface area contributed by atoms with Crippen molar-refractivity contribution in [3.05, 3.63) is 35.9 Å². The zero-order valence-corrected chi connectivity index (χ0v) is 12.8. The van der Waals surface area contributed by atoms with Gasteiger partial charge in [0.1, 0.15) is 0 Å². The molecule has 3 atom stereocenters. The fraction of sp³-hybridized carbons (Fsp3) is 0.625. The molecule has 2 nitrogen and oxygen atoms in total. The molecule has 0 aliphatic heterocycles. The number of rotatable bonds is 6. The Kier molecular flexibility index (Phi) is 5.59. The van der Waals surface area contributed by atoms with Gasteiger partial charge in [-0.3, -0.25) is 4.21 Å². The molecule has 106 valence electrons. The van der Waals surface area contributed by atoms with Crippen LogP contribution in [0, 0.1) is 0 Å². The number of benzene rings is 1. The van der Waals surface area contributed by atoms with Crippen molar-refractivity contribution in [2.45, 2.75) is 55.6 Å². The highest BCUT2D eigenvalue weighted by atomic mass is 32.2. The van der Waals surface area contributed by atoms with E-state index in [2.05, 4.69) is 36.5 Å². The lowest BCUT2D eigenvalue weighted by Gasteiger charge is -2.28. The van der Waals surface area contributed by atoms with Gasteiger partial charge in [-0.05, 0) is 31.9 Å². The predicted octanol–water partition coefficient (Wildman–Crippen LogP) is 3.42. The van der Waals surface area contributed by atoms with E-state index in [9.17, 15) is 4.21 Å². The average molecular weight is 279 g/mol. The Labute approximate surface area is 119 Å². The first kappa shape index (κ1) is 14.7. The molecule has 0 amide bonds. The van der Waals surface area contributed by atoms with Gasteiger partial charge in [-0.2, -0.15) is 0 Å². The molecule has 1 aliphatic rings. The van der Waals surface area contributed by atoms with Crippen molar-refractivity contribution in [1.82, 2.24) is 5.32 Å². The molecule has 19 heavy (non-hydrogen) atoms. The fourth-order valence-corrected chi connectivity index (χ4v) is 5.31. The van der Waals surface area contributed by atoms with E-state index in [0.717, 1.165) is 19.3 Å². The molecule has 3 unspecified atom stereocenters. The van der Waals surface area contributed by atoms with Gasteiger partial charge in [0, 0.05) is 22.1 Å². The summed E-state index contributed by atoms with van der Waals surface area (Å²) in [5, 5.41) is 4.02. The van der Waals surface area contributed by atoms with Crippen LogP contribution < -0.4 is 5.32 Å². The molecule has 1 N–H and O–H groups in total. The number of hydrogen-bond acceptors (Lipinski definition) is 2. The van der Waals surface area contributed by atoms with Crippen molar-refractivity contribution >= 4 is 10.8 Å². The van der Waals surface area contributed by atoms with Gasteiger partial charge in [0.15, 0.2) is 0 Å². The van der Waals surface area contributed by atoms with Gasteiger partial charge in [-0.15, -0.1) is 0 Å². The summed E-state index contributed by atoms with van der Waals surface area (Å²) in [6.45, 7) is 2.16. The molecular weight excluding hydrogens is 254 g/mol. The highest BCUT2D eigenvalue weighted by Gasteiger charge is 2.32. The third kappa shape index (κ3) is 3.46. The summed E-state index contributed by atoms with van der Waals surface area (Å²) in [5.41, 5.74) is 1.25. The van der Waals surface area contributed by atoms with E-state index >= 15 is 0 Å². The van der Waals surface area contributed by atoms with Crippen LogP contribution >= 0.6 is 0 Å². The van der Waals surface area contributed by atoms with E-state index < -0.39 is 10.8 Å². The lowest BCUT2D eigenvalue weighted by atomic mass is 10.0.